The van der Waals surface area contributed by atoms with Crippen molar-refractivity contribution in [2.45, 2.75) is 18.9 Å². The fourth-order valence-electron chi connectivity index (χ4n) is 2.99. The molecule has 26 heavy (non-hydrogen) atoms. The van der Waals surface area contributed by atoms with Crippen LogP contribution in [0.3, 0.4) is 0 Å². The predicted octanol–water partition coefficient (Wildman–Crippen LogP) is 1.95. The summed E-state index contributed by atoms with van der Waals surface area (Å²) in [6.45, 7) is 2.03. The summed E-state index contributed by atoms with van der Waals surface area (Å²) >= 11 is 0. The van der Waals surface area contributed by atoms with Crippen molar-refractivity contribution in [3.63, 3.8) is 0 Å². The number of benzene rings is 2. The molecular formula is C20H23N3O3. The Morgan fingerprint density at radius 2 is 1.88 bits per heavy atom. The van der Waals surface area contributed by atoms with Gasteiger partial charge < -0.3 is 20.7 Å². The number of hydrogen-bond acceptors (Lipinski definition) is 4. The standard InChI is InChI=1S/C20H23N3O3/c21-20(25)15-7-9-18(10-8-15)26-12-4-11-22-16-13-19(24)23(14-16)17-5-2-1-3-6-17/h1-3,5-10,16,22H,4,11-14H2,(H2,21,25). The van der Waals surface area contributed by atoms with Gasteiger partial charge in [0.1, 0.15) is 5.75 Å². The van der Waals surface area contributed by atoms with Crippen molar-refractivity contribution in [2.75, 3.05) is 24.6 Å². The lowest BCUT2D eigenvalue weighted by molar-refractivity contribution is -0.117. The molecule has 1 aliphatic rings. The van der Waals surface area contributed by atoms with Gasteiger partial charge in [0, 0.05) is 30.3 Å². The van der Waals surface area contributed by atoms with Gasteiger partial charge in [0.2, 0.25) is 11.8 Å². The van der Waals surface area contributed by atoms with Crippen LogP contribution >= 0.6 is 0 Å². The highest BCUT2D eigenvalue weighted by Crippen LogP contribution is 2.21. The Kier molecular flexibility index (Phi) is 5.86. The maximum atomic E-state index is 12.2. The summed E-state index contributed by atoms with van der Waals surface area (Å²) < 4.78 is 5.65. The van der Waals surface area contributed by atoms with Gasteiger partial charge in [-0.05, 0) is 49.4 Å². The molecule has 0 aliphatic carbocycles. The molecule has 1 atom stereocenters. The lowest BCUT2D eigenvalue weighted by Crippen LogP contribution is -2.33. The van der Waals surface area contributed by atoms with Crippen LogP contribution in [0.25, 0.3) is 0 Å². The minimum Gasteiger partial charge on any atom is -0.494 e. The molecule has 1 heterocycles. The van der Waals surface area contributed by atoms with E-state index in [-0.39, 0.29) is 11.9 Å². The van der Waals surface area contributed by atoms with Crippen LogP contribution in [-0.2, 0) is 4.79 Å². The molecule has 2 amide bonds. The minimum atomic E-state index is -0.448. The number of nitrogens with zero attached hydrogens (tertiary/aromatic N) is 1. The first-order valence-electron chi connectivity index (χ1n) is 8.75. The Morgan fingerprint density at radius 1 is 1.15 bits per heavy atom. The molecule has 0 aromatic heterocycles. The van der Waals surface area contributed by atoms with Crippen LogP contribution in [0.5, 0.6) is 5.75 Å². The molecule has 1 fully saturated rings. The van der Waals surface area contributed by atoms with Gasteiger partial charge in [-0.1, -0.05) is 18.2 Å². The molecule has 1 unspecified atom stereocenters. The number of hydrogen-bond donors (Lipinski definition) is 2. The maximum Gasteiger partial charge on any atom is 0.248 e. The Bertz CT molecular complexity index is 747. The number of nitrogens with one attached hydrogen (secondary N) is 1. The van der Waals surface area contributed by atoms with Crippen molar-refractivity contribution in [3.05, 3.63) is 60.2 Å². The van der Waals surface area contributed by atoms with E-state index in [1.807, 2.05) is 35.2 Å². The van der Waals surface area contributed by atoms with E-state index in [1.54, 1.807) is 24.3 Å². The van der Waals surface area contributed by atoms with E-state index < -0.39 is 5.91 Å². The SMILES string of the molecule is NC(=O)c1ccc(OCCCNC2CC(=O)N(c3ccccc3)C2)cc1. The fourth-order valence-corrected chi connectivity index (χ4v) is 2.99. The minimum absolute atomic E-state index is 0.152. The van der Waals surface area contributed by atoms with Gasteiger partial charge in [0.25, 0.3) is 0 Å². The number of rotatable bonds is 8. The van der Waals surface area contributed by atoms with Crippen molar-refractivity contribution in [3.8, 4) is 5.75 Å². The molecule has 6 heteroatoms. The Morgan fingerprint density at radius 3 is 2.58 bits per heavy atom. The molecule has 0 radical (unpaired) electrons. The van der Waals surface area contributed by atoms with Gasteiger partial charge in [0.15, 0.2) is 0 Å². The van der Waals surface area contributed by atoms with Crippen LogP contribution in [0.2, 0.25) is 0 Å². The van der Waals surface area contributed by atoms with Gasteiger partial charge in [-0.25, -0.2) is 0 Å². The number of carbonyl (C=O) groups is 2. The predicted molar refractivity (Wildman–Crippen MR) is 100 cm³/mol. The van der Waals surface area contributed by atoms with E-state index in [4.69, 9.17) is 10.5 Å². The number of anilines is 1. The molecule has 3 rings (SSSR count). The monoisotopic (exact) mass is 353 g/mol. The molecule has 0 saturated carbocycles. The zero-order valence-corrected chi connectivity index (χ0v) is 14.6. The Labute approximate surface area is 152 Å². The average molecular weight is 353 g/mol. The maximum absolute atomic E-state index is 12.2. The summed E-state index contributed by atoms with van der Waals surface area (Å²) in [5.41, 5.74) is 6.62. The van der Waals surface area contributed by atoms with E-state index in [2.05, 4.69) is 5.32 Å². The third-order valence-corrected chi connectivity index (χ3v) is 4.35. The first-order valence-corrected chi connectivity index (χ1v) is 8.75. The number of para-hydroxylation sites is 1. The molecule has 0 bridgehead atoms. The van der Waals surface area contributed by atoms with Crippen LogP contribution in [0.15, 0.2) is 54.6 Å². The second-order valence-corrected chi connectivity index (χ2v) is 6.29. The van der Waals surface area contributed by atoms with Crippen LogP contribution in [-0.4, -0.2) is 37.6 Å². The van der Waals surface area contributed by atoms with Crippen LogP contribution < -0.4 is 20.7 Å². The van der Waals surface area contributed by atoms with Crippen molar-refractivity contribution in [1.29, 1.82) is 0 Å². The molecule has 136 valence electrons. The zero-order chi connectivity index (χ0) is 18.4. The summed E-state index contributed by atoms with van der Waals surface area (Å²) in [6.07, 6.45) is 1.35. The number of primary amides is 1. The first kappa shape index (κ1) is 17.9. The molecule has 1 saturated heterocycles. The summed E-state index contributed by atoms with van der Waals surface area (Å²) in [4.78, 5) is 25.0. The quantitative estimate of drug-likeness (QED) is 0.711. The summed E-state index contributed by atoms with van der Waals surface area (Å²) in [5, 5.41) is 3.42. The summed E-state index contributed by atoms with van der Waals surface area (Å²) in [5.74, 6) is 0.414. The van der Waals surface area contributed by atoms with E-state index in [0.29, 0.717) is 30.9 Å². The summed E-state index contributed by atoms with van der Waals surface area (Å²) in [6, 6.07) is 16.7. The van der Waals surface area contributed by atoms with E-state index >= 15 is 0 Å². The number of ether oxygens (including phenoxy) is 1. The fraction of sp³-hybridized carbons (Fsp3) is 0.300. The van der Waals surface area contributed by atoms with E-state index in [0.717, 1.165) is 18.7 Å². The molecule has 0 spiro atoms. The molecule has 3 N–H and O–H groups in total. The second kappa shape index (κ2) is 8.49. The molecule has 2 aromatic carbocycles. The third kappa shape index (κ3) is 4.61. The highest BCUT2D eigenvalue weighted by Gasteiger charge is 2.29. The average Bonchev–Trinajstić information content (AvgIpc) is 3.03. The van der Waals surface area contributed by atoms with E-state index in [9.17, 15) is 9.59 Å². The third-order valence-electron chi connectivity index (χ3n) is 4.35. The van der Waals surface area contributed by atoms with Gasteiger partial charge >= 0.3 is 0 Å². The van der Waals surface area contributed by atoms with Crippen LogP contribution in [0.1, 0.15) is 23.2 Å². The number of amides is 2. The van der Waals surface area contributed by atoms with Crippen LogP contribution in [0.4, 0.5) is 5.69 Å². The van der Waals surface area contributed by atoms with Gasteiger partial charge in [-0.2, -0.15) is 0 Å². The van der Waals surface area contributed by atoms with Gasteiger partial charge in [0.05, 0.1) is 6.61 Å². The normalized spacial score (nSPS) is 16.7. The first-order chi connectivity index (χ1) is 12.6. The molecule has 1 aliphatic heterocycles. The summed E-state index contributed by atoms with van der Waals surface area (Å²) in [7, 11) is 0. The number of nitrogens with two attached hydrogens (primary N) is 1. The Hall–Kier alpha value is -2.86. The largest absolute Gasteiger partial charge is 0.494 e. The zero-order valence-electron chi connectivity index (χ0n) is 14.6. The van der Waals surface area contributed by atoms with Crippen molar-refractivity contribution < 1.29 is 14.3 Å². The van der Waals surface area contributed by atoms with Gasteiger partial charge in [-0.3, -0.25) is 9.59 Å². The lowest BCUT2D eigenvalue weighted by atomic mass is 10.2. The van der Waals surface area contributed by atoms with Gasteiger partial charge in [-0.15, -0.1) is 0 Å². The van der Waals surface area contributed by atoms with Crippen molar-refractivity contribution >= 4 is 17.5 Å². The van der Waals surface area contributed by atoms with E-state index in [1.165, 1.54) is 0 Å². The highest BCUT2D eigenvalue weighted by atomic mass is 16.5. The molecule has 6 nitrogen and oxygen atoms in total. The second-order valence-electron chi connectivity index (χ2n) is 6.29. The topological polar surface area (TPSA) is 84.7 Å². The molecular weight excluding hydrogens is 330 g/mol. The smallest absolute Gasteiger partial charge is 0.248 e. The lowest BCUT2D eigenvalue weighted by Gasteiger charge is -2.17. The van der Waals surface area contributed by atoms with Crippen LogP contribution in [0, 0.1) is 0 Å². The highest BCUT2D eigenvalue weighted by molar-refractivity contribution is 5.96. The van der Waals surface area contributed by atoms with Crippen molar-refractivity contribution in [2.24, 2.45) is 5.73 Å². The molecule has 2 aromatic rings. The van der Waals surface area contributed by atoms with Crippen molar-refractivity contribution in [1.82, 2.24) is 5.32 Å². The number of carbonyl (C=O) groups excluding carboxylic acids is 2. The Balaban J connectivity index is 1.36.